The molecule has 0 spiro atoms. The molecule has 3 rings (SSSR count). The van der Waals surface area contributed by atoms with Crippen molar-refractivity contribution < 1.29 is 9.53 Å². The monoisotopic (exact) mass is 342 g/mol. The third kappa shape index (κ3) is 4.27. The lowest BCUT2D eigenvalue weighted by molar-refractivity contribution is -0.129. The molecular weight excluding hydrogens is 316 g/mol. The molecular formula is C19H26N4O2. The first-order valence-corrected chi connectivity index (χ1v) is 8.62. The fourth-order valence-corrected chi connectivity index (χ4v) is 3.31. The van der Waals surface area contributed by atoms with Crippen molar-refractivity contribution in [1.82, 2.24) is 19.6 Å². The highest BCUT2D eigenvalue weighted by molar-refractivity contribution is 5.78. The molecule has 1 saturated heterocycles. The van der Waals surface area contributed by atoms with Crippen LogP contribution in [0.15, 0.2) is 42.7 Å². The number of ether oxygens (including phenoxy) is 1. The molecule has 0 radical (unpaired) electrons. The summed E-state index contributed by atoms with van der Waals surface area (Å²) in [4.78, 5) is 16.6. The molecule has 2 aromatic rings. The van der Waals surface area contributed by atoms with E-state index in [0.717, 1.165) is 30.8 Å². The number of rotatable bonds is 6. The maximum atomic E-state index is 12.5. The molecule has 1 aliphatic heterocycles. The van der Waals surface area contributed by atoms with E-state index in [-0.39, 0.29) is 12.0 Å². The smallest absolute Gasteiger partial charge is 0.226 e. The molecule has 1 aliphatic rings. The van der Waals surface area contributed by atoms with E-state index in [1.54, 1.807) is 18.0 Å². The number of likely N-dealkylation sites (tertiary alicyclic amines) is 1. The SMILES string of the molecule is CO[C@H]1C[C@@H](CN(C)C(=O)Cc2cnn(-c3ccccc3)c2)N(C)C1. The van der Waals surface area contributed by atoms with Crippen LogP contribution in [0.25, 0.3) is 5.69 Å². The second kappa shape index (κ2) is 7.80. The zero-order valence-electron chi connectivity index (χ0n) is 15.1. The van der Waals surface area contributed by atoms with Gasteiger partial charge >= 0.3 is 0 Å². The second-order valence-electron chi connectivity index (χ2n) is 6.77. The van der Waals surface area contributed by atoms with Crippen LogP contribution in [0.1, 0.15) is 12.0 Å². The number of para-hydroxylation sites is 1. The van der Waals surface area contributed by atoms with Crippen molar-refractivity contribution in [2.45, 2.75) is 25.0 Å². The average Bonchev–Trinajstić information content (AvgIpc) is 3.22. The summed E-state index contributed by atoms with van der Waals surface area (Å²) in [5.41, 5.74) is 1.92. The van der Waals surface area contributed by atoms with Gasteiger partial charge in [-0.2, -0.15) is 5.10 Å². The molecule has 1 aromatic heterocycles. The molecule has 2 heterocycles. The minimum absolute atomic E-state index is 0.113. The molecule has 134 valence electrons. The molecule has 2 atom stereocenters. The minimum Gasteiger partial charge on any atom is -0.380 e. The number of amides is 1. The Morgan fingerprint density at radius 3 is 2.80 bits per heavy atom. The number of nitrogens with zero attached hydrogens (tertiary/aromatic N) is 4. The Labute approximate surface area is 149 Å². The largest absolute Gasteiger partial charge is 0.380 e. The molecule has 6 heteroatoms. The third-order valence-electron chi connectivity index (χ3n) is 4.91. The van der Waals surface area contributed by atoms with Gasteiger partial charge in [-0.3, -0.25) is 9.69 Å². The van der Waals surface area contributed by atoms with Gasteiger partial charge in [0.15, 0.2) is 0 Å². The van der Waals surface area contributed by atoms with Gasteiger partial charge in [-0.15, -0.1) is 0 Å². The Morgan fingerprint density at radius 1 is 1.36 bits per heavy atom. The molecule has 1 aromatic carbocycles. The lowest BCUT2D eigenvalue weighted by atomic mass is 10.1. The summed E-state index contributed by atoms with van der Waals surface area (Å²) < 4.78 is 7.24. The van der Waals surface area contributed by atoms with Crippen LogP contribution < -0.4 is 0 Å². The van der Waals surface area contributed by atoms with E-state index in [1.165, 1.54) is 0 Å². The van der Waals surface area contributed by atoms with Crippen LogP contribution in [0.2, 0.25) is 0 Å². The van der Waals surface area contributed by atoms with E-state index in [1.807, 2.05) is 48.5 Å². The van der Waals surface area contributed by atoms with E-state index >= 15 is 0 Å². The van der Waals surface area contributed by atoms with E-state index in [4.69, 9.17) is 4.74 Å². The molecule has 1 fully saturated rings. The lowest BCUT2D eigenvalue weighted by Crippen LogP contribution is -2.40. The molecule has 25 heavy (non-hydrogen) atoms. The summed E-state index contributed by atoms with van der Waals surface area (Å²) in [6.07, 6.45) is 5.29. The zero-order chi connectivity index (χ0) is 17.8. The van der Waals surface area contributed by atoms with Crippen LogP contribution in [0.4, 0.5) is 0 Å². The van der Waals surface area contributed by atoms with E-state index in [2.05, 4.69) is 17.0 Å². The number of hydrogen-bond acceptors (Lipinski definition) is 4. The van der Waals surface area contributed by atoms with Gasteiger partial charge in [0.05, 0.1) is 24.4 Å². The Hall–Kier alpha value is -2.18. The highest BCUT2D eigenvalue weighted by atomic mass is 16.5. The van der Waals surface area contributed by atoms with Crippen molar-refractivity contribution >= 4 is 5.91 Å². The average molecular weight is 342 g/mol. The summed E-state index contributed by atoms with van der Waals surface area (Å²) in [5, 5.41) is 4.36. The van der Waals surface area contributed by atoms with Gasteiger partial charge in [0, 0.05) is 39.5 Å². The summed E-state index contributed by atoms with van der Waals surface area (Å²) in [6, 6.07) is 10.3. The molecule has 0 bridgehead atoms. The van der Waals surface area contributed by atoms with Crippen LogP contribution in [0, 0.1) is 0 Å². The molecule has 1 amide bonds. The van der Waals surface area contributed by atoms with Crippen LogP contribution in [-0.4, -0.2) is 71.9 Å². The Morgan fingerprint density at radius 2 is 2.12 bits per heavy atom. The second-order valence-corrected chi connectivity index (χ2v) is 6.77. The highest BCUT2D eigenvalue weighted by Gasteiger charge is 2.30. The summed E-state index contributed by atoms with van der Waals surface area (Å²) >= 11 is 0. The molecule has 0 N–H and O–H groups in total. The van der Waals surface area contributed by atoms with Crippen molar-refractivity contribution in [2.75, 3.05) is 34.3 Å². The highest BCUT2D eigenvalue weighted by Crippen LogP contribution is 2.19. The van der Waals surface area contributed by atoms with Gasteiger partial charge in [-0.25, -0.2) is 4.68 Å². The Balaban J connectivity index is 1.56. The van der Waals surface area contributed by atoms with Crippen molar-refractivity contribution in [3.05, 3.63) is 48.3 Å². The molecule has 0 unspecified atom stereocenters. The molecule has 0 aliphatic carbocycles. The number of likely N-dealkylation sites (N-methyl/N-ethyl adjacent to an activating group) is 2. The first-order valence-electron chi connectivity index (χ1n) is 8.62. The number of carbonyl (C=O) groups is 1. The van der Waals surface area contributed by atoms with Gasteiger partial charge in [0.2, 0.25) is 5.91 Å². The summed E-state index contributed by atoms with van der Waals surface area (Å²) in [7, 11) is 5.71. The van der Waals surface area contributed by atoms with E-state index in [9.17, 15) is 4.79 Å². The van der Waals surface area contributed by atoms with Gasteiger partial charge < -0.3 is 9.64 Å². The van der Waals surface area contributed by atoms with Crippen molar-refractivity contribution in [3.8, 4) is 5.69 Å². The fourth-order valence-electron chi connectivity index (χ4n) is 3.31. The molecule has 0 saturated carbocycles. The van der Waals surface area contributed by atoms with Gasteiger partial charge in [-0.05, 0) is 31.2 Å². The van der Waals surface area contributed by atoms with E-state index < -0.39 is 0 Å². The van der Waals surface area contributed by atoms with Crippen LogP contribution >= 0.6 is 0 Å². The number of benzene rings is 1. The maximum absolute atomic E-state index is 12.5. The Kier molecular flexibility index (Phi) is 5.50. The standard InChI is InChI=1S/C19H26N4O2/c1-21-14-18(25-3)10-17(21)13-22(2)19(24)9-15-11-20-23(12-15)16-7-5-4-6-8-16/h4-8,11-12,17-18H,9-10,13-14H2,1-3H3/t17-,18-/m0/s1. The normalized spacial score (nSPS) is 20.8. The predicted octanol–water partition coefficient (Wildman–Crippen LogP) is 1.59. The van der Waals surface area contributed by atoms with Crippen LogP contribution in [0.3, 0.4) is 0 Å². The van der Waals surface area contributed by atoms with Crippen molar-refractivity contribution in [2.24, 2.45) is 0 Å². The van der Waals surface area contributed by atoms with Crippen LogP contribution in [0.5, 0.6) is 0 Å². The minimum atomic E-state index is 0.113. The number of aromatic nitrogens is 2. The first-order chi connectivity index (χ1) is 12.1. The lowest BCUT2D eigenvalue weighted by Gasteiger charge is -2.25. The number of methoxy groups -OCH3 is 1. The van der Waals surface area contributed by atoms with Crippen molar-refractivity contribution in [1.29, 1.82) is 0 Å². The molecule has 6 nitrogen and oxygen atoms in total. The quantitative estimate of drug-likeness (QED) is 0.800. The predicted molar refractivity (Wildman–Crippen MR) is 96.7 cm³/mol. The summed E-state index contributed by atoms with van der Waals surface area (Å²) in [6.45, 7) is 1.65. The topological polar surface area (TPSA) is 50.6 Å². The van der Waals surface area contributed by atoms with Gasteiger partial charge in [0.1, 0.15) is 0 Å². The number of carbonyl (C=O) groups excluding carboxylic acids is 1. The van der Waals surface area contributed by atoms with Gasteiger partial charge in [0.25, 0.3) is 0 Å². The number of hydrogen-bond donors (Lipinski definition) is 0. The van der Waals surface area contributed by atoms with Crippen LogP contribution in [-0.2, 0) is 16.0 Å². The van der Waals surface area contributed by atoms with Gasteiger partial charge in [-0.1, -0.05) is 18.2 Å². The fraction of sp³-hybridized carbons (Fsp3) is 0.474. The maximum Gasteiger partial charge on any atom is 0.226 e. The summed E-state index contributed by atoms with van der Waals surface area (Å²) in [5.74, 6) is 0.113. The Bertz CT molecular complexity index is 700. The first kappa shape index (κ1) is 17.6. The zero-order valence-corrected chi connectivity index (χ0v) is 15.1. The van der Waals surface area contributed by atoms with Crippen molar-refractivity contribution in [3.63, 3.8) is 0 Å². The van der Waals surface area contributed by atoms with E-state index in [0.29, 0.717) is 12.5 Å². The third-order valence-corrected chi connectivity index (χ3v) is 4.91.